The molecule has 0 fully saturated rings. The molecule has 20 heavy (non-hydrogen) atoms. The molecule has 0 atom stereocenters. The first-order valence-corrected chi connectivity index (χ1v) is 6.16. The molecular weight excluding hydrogens is 254 g/mol. The van der Waals surface area contributed by atoms with Crippen molar-refractivity contribution in [2.45, 2.75) is 13.2 Å². The molecule has 4 heteroatoms. The molecule has 0 spiro atoms. The van der Waals surface area contributed by atoms with Gasteiger partial charge in [-0.3, -0.25) is 0 Å². The normalized spacial score (nSPS) is 9.85. The van der Waals surface area contributed by atoms with Crippen molar-refractivity contribution in [2.24, 2.45) is 0 Å². The lowest BCUT2D eigenvalue weighted by Crippen LogP contribution is -1.98. The highest BCUT2D eigenvalue weighted by molar-refractivity contribution is 5.43. The van der Waals surface area contributed by atoms with Gasteiger partial charge in [-0.1, -0.05) is 18.2 Å². The Labute approximate surface area is 117 Å². The molecule has 0 aliphatic carbocycles. The van der Waals surface area contributed by atoms with E-state index in [9.17, 15) is 0 Å². The van der Waals surface area contributed by atoms with Crippen molar-refractivity contribution in [3.05, 3.63) is 59.2 Å². The zero-order valence-corrected chi connectivity index (χ0v) is 11.2. The molecule has 2 aromatic rings. The summed E-state index contributed by atoms with van der Waals surface area (Å²) in [6, 6.07) is 14.6. The van der Waals surface area contributed by atoms with Crippen LogP contribution in [0.15, 0.2) is 42.5 Å². The average molecular weight is 269 g/mol. The topological polar surface area (TPSA) is 62.5 Å². The highest BCUT2D eigenvalue weighted by Crippen LogP contribution is 2.28. The molecule has 1 N–H and O–H groups in total. The maximum absolute atomic E-state index is 9.08. The Morgan fingerprint density at radius 3 is 2.35 bits per heavy atom. The molecule has 0 saturated heterocycles. The van der Waals surface area contributed by atoms with E-state index in [1.807, 2.05) is 12.1 Å². The van der Waals surface area contributed by atoms with Crippen LogP contribution in [0.25, 0.3) is 0 Å². The van der Waals surface area contributed by atoms with Crippen molar-refractivity contribution in [2.75, 3.05) is 7.11 Å². The Bertz CT molecular complexity index is 615. The van der Waals surface area contributed by atoms with Crippen LogP contribution in [0.4, 0.5) is 0 Å². The summed E-state index contributed by atoms with van der Waals surface area (Å²) in [6.45, 7) is 0.354. The molecule has 0 aromatic heterocycles. The van der Waals surface area contributed by atoms with Crippen LogP contribution in [0.2, 0.25) is 0 Å². The lowest BCUT2D eigenvalue weighted by atomic mass is 10.1. The van der Waals surface area contributed by atoms with Gasteiger partial charge in [0.2, 0.25) is 0 Å². The number of rotatable bonds is 5. The number of benzene rings is 2. The average Bonchev–Trinajstić information content (AvgIpc) is 2.53. The molecule has 0 aliphatic heterocycles. The quantitative estimate of drug-likeness (QED) is 0.906. The second-order valence-corrected chi connectivity index (χ2v) is 4.24. The summed E-state index contributed by atoms with van der Waals surface area (Å²) in [4.78, 5) is 0. The number of hydrogen-bond donors (Lipinski definition) is 1. The maximum Gasteiger partial charge on any atom is 0.161 e. The lowest BCUT2D eigenvalue weighted by molar-refractivity contribution is 0.274. The van der Waals surface area contributed by atoms with Gasteiger partial charge in [-0.15, -0.1) is 0 Å². The fourth-order valence-electron chi connectivity index (χ4n) is 1.77. The predicted molar refractivity (Wildman–Crippen MR) is 74.4 cm³/mol. The molecule has 2 aromatic carbocycles. The number of nitrogens with zero attached hydrogens (tertiary/aromatic N) is 1. The third kappa shape index (κ3) is 3.28. The van der Waals surface area contributed by atoms with Crippen LogP contribution in [0.3, 0.4) is 0 Å². The maximum atomic E-state index is 9.08. The monoisotopic (exact) mass is 269 g/mol. The van der Waals surface area contributed by atoms with Crippen molar-refractivity contribution in [1.82, 2.24) is 0 Å². The van der Waals surface area contributed by atoms with E-state index in [0.717, 1.165) is 11.1 Å². The van der Waals surface area contributed by atoms with Crippen LogP contribution in [0.5, 0.6) is 11.5 Å². The highest BCUT2D eigenvalue weighted by atomic mass is 16.5. The van der Waals surface area contributed by atoms with Gasteiger partial charge in [0.05, 0.1) is 25.3 Å². The minimum atomic E-state index is -0.0355. The van der Waals surface area contributed by atoms with E-state index in [1.54, 1.807) is 37.4 Å². The van der Waals surface area contributed by atoms with E-state index >= 15 is 0 Å². The minimum absolute atomic E-state index is 0.0355. The molecule has 0 amide bonds. The number of hydrogen-bond acceptors (Lipinski definition) is 4. The molecule has 0 saturated carbocycles. The first kappa shape index (κ1) is 13.9. The van der Waals surface area contributed by atoms with Gasteiger partial charge in [0, 0.05) is 0 Å². The highest BCUT2D eigenvalue weighted by Gasteiger charge is 2.06. The second kappa shape index (κ2) is 6.60. The Kier molecular flexibility index (Phi) is 4.59. The number of ether oxygens (including phenoxy) is 2. The van der Waals surface area contributed by atoms with Gasteiger partial charge >= 0.3 is 0 Å². The van der Waals surface area contributed by atoms with E-state index in [2.05, 4.69) is 6.07 Å². The molecule has 0 heterocycles. The molecule has 4 nitrogen and oxygen atoms in total. The number of nitriles is 1. The third-order valence-electron chi connectivity index (χ3n) is 2.89. The third-order valence-corrected chi connectivity index (χ3v) is 2.89. The van der Waals surface area contributed by atoms with Crippen LogP contribution < -0.4 is 9.47 Å². The van der Waals surface area contributed by atoms with Crippen molar-refractivity contribution in [1.29, 1.82) is 5.26 Å². The Balaban J connectivity index is 2.08. The second-order valence-electron chi connectivity index (χ2n) is 4.24. The van der Waals surface area contributed by atoms with Gasteiger partial charge in [-0.25, -0.2) is 0 Å². The van der Waals surface area contributed by atoms with Crippen LogP contribution in [0.1, 0.15) is 16.7 Å². The summed E-state index contributed by atoms with van der Waals surface area (Å²) in [6.07, 6.45) is 0. The lowest BCUT2D eigenvalue weighted by Gasteiger charge is -2.11. The smallest absolute Gasteiger partial charge is 0.161 e. The van der Waals surface area contributed by atoms with E-state index in [0.29, 0.717) is 23.7 Å². The molecule has 102 valence electrons. The summed E-state index contributed by atoms with van der Waals surface area (Å²) >= 11 is 0. The summed E-state index contributed by atoms with van der Waals surface area (Å²) in [5, 5.41) is 17.8. The van der Waals surface area contributed by atoms with Crippen molar-refractivity contribution < 1.29 is 14.6 Å². The van der Waals surface area contributed by atoms with Crippen molar-refractivity contribution >= 4 is 0 Å². The van der Waals surface area contributed by atoms with Gasteiger partial charge in [-0.2, -0.15) is 5.26 Å². The van der Waals surface area contributed by atoms with Gasteiger partial charge in [0.15, 0.2) is 11.5 Å². The van der Waals surface area contributed by atoms with Crippen LogP contribution in [-0.4, -0.2) is 12.2 Å². The molecular formula is C16H15NO3. The summed E-state index contributed by atoms with van der Waals surface area (Å²) in [5.74, 6) is 1.21. The molecule has 0 radical (unpaired) electrons. The van der Waals surface area contributed by atoms with Crippen molar-refractivity contribution in [3.8, 4) is 17.6 Å². The SMILES string of the molecule is COc1cc(CO)ccc1OCc1ccc(C#N)cc1. The van der Waals surface area contributed by atoms with Crippen molar-refractivity contribution in [3.63, 3.8) is 0 Å². The summed E-state index contributed by atoms with van der Waals surface area (Å²) in [7, 11) is 1.56. The Morgan fingerprint density at radius 1 is 1.05 bits per heavy atom. The Hall–Kier alpha value is -2.51. The largest absolute Gasteiger partial charge is 0.493 e. The zero-order chi connectivity index (χ0) is 14.4. The summed E-state index contributed by atoms with van der Waals surface area (Å²) in [5.41, 5.74) is 2.36. The van der Waals surface area contributed by atoms with Crippen LogP contribution >= 0.6 is 0 Å². The van der Waals surface area contributed by atoms with E-state index < -0.39 is 0 Å². The van der Waals surface area contributed by atoms with E-state index in [4.69, 9.17) is 19.8 Å². The van der Waals surface area contributed by atoms with Crippen LogP contribution in [0, 0.1) is 11.3 Å². The first-order valence-electron chi connectivity index (χ1n) is 6.16. The van der Waals surface area contributed by atoms with E-state index in [-0.39, 0.29) is 6.61 Å². The summed E-state index contributed by atoms with van der Waals surface area (Å²) < 4.78 is 10.9. The van der Waals surface area contributed by atoms with Gasteiger partial charge in [0.25, 0.3) is 0 Å². The molecule has 2 rings (SSSR count). The van der Waals surface area contributed by atoms with Gasteiger partial charge < -0.3 is 14.6 Å². The molecule has 0 aliphatic rings. The molecule has 0 bridgehead atoms. The van der Waals surface area contributed by atoms with Gasteiger partial charge in [0.1, 0.15) is 6.61 Å². The van der Waals surface area contributed by atoms with Crippen LogP contribution in [-0.2, 0) is 13.2 Å². The molecule has 0 unspecified atom stereocenters. The van der Waals surface area contributed by atoms with E-state index in [1.165, 1.54) is 0 Å². The fraction of sp³-hybridized carbons (Fsp3) is 0.188. The predicted octanol–water partition coefficient (Wildman–Crippen LogP) is 2.64. The number of aliphatic hydroxyl groups is 1. The number of methoxy groups -OCH3 is 1. The Morgan fingerprint density at radius 2 is 1.75 bits per heavy atom. The minimum Gasteiger partial charge on any atom is -0.493 e. The fourth-order valence-corrected chi connectivity index (χ4v) is 1.77. The number of aliphatic hydroxyl groups excluding tert-OH is 1. The van der Waals surface area contributed by atoms with Gasteiger partial charge in [-0.05, 0) is 35.4 Å². The first-order chi connectivity index (χ1) is 9.76. The zero-order valence-electron chi connectivity index (χ0n) is 11.2. The standard InChI is InChI=1S/C16H15NO3/c1-19-16-8-14(10-18)6-7-15(16)20-11-13-4-2-12(9-17)3-5-13/h2-8,18H,10-11H2,1H3.